The highest BCUT2D eigenvalue weighted by atomic mass is 16.5. The Morgan fingerprint density at radius 2 is 1.88 bits per heavy atom. The summed E-state index contributed by atoms with van der Waals surface area (Å²) in [6, 6.07) is 0. The summed E-state index contributed by atoms with van der Waals surface area (Å²) in [7, 11) is 2.22. The first-order valence-electron chi connectivity index (χ1n) is 7.10. The molecule has 3 heteroatoms. The molecule has 2 heterocycles. The molecule has 2 aliphatic rings. The Bertz CT molecular complexity index is 230. The van der Waals surface area contributed by atoms with E-state index < -0.39 is 0 Å². The quantitative estimate of drug-likeness (QED) is 0.727. The largest absolute Gasteiger partial charge is 0.381 e. The van der Waals surface area contributed by atoms with Crippen molar-refractivity contribution in [2.45, 2.75) is 26.7 Å². The van der Waals surface area contributed by atoms with Crippen LogP contribution in [-0.4, -0.2) is 62.8 Å². The van der Waals surface area contributed by atoms with Crippen LogP contribution in [0.1, 0.15) is 26.7 Å². The van der Waals surface area contributed by atoms with E-state index in [0.717, 1.165) is 19.1 Å². The maximum Gasteiger partial charge on any atom is 0.0495 e. The van der Waals surface area contributed by atoms with Gasteiger partial charge in [0, 0.05) is 38.3 Å². The fraction of sp³-hybridized carbons (Fsp3) is 1.00. The molecule has 0 spiro atoms. The molecular formula is C14H28N2O. The van der Waals surface area contributed by atoms with Gasteiger partial charge in [-0.25, -0.2) is 0 Å². The standard InChI is InChI=1S/C14H28N2O/c1-4-17-9-13-5-7-16(8-6-13)12-14(2)10-15(3)11-14/h13H,4-12H2,1-3H3. The van der Waals surface area contributed by atoms with Crippen LogP contribution in [0, 0.1) is 11.3 Å². The topological polar surface area (TPSA) is 15.7 Å². The third-order valence-electron chi connectivity index (χ3n) is 4.17. The fourth-order valence-corrected chi connectivity index (χ4v) is 3.49. The van der Waals surface area contributed by atoms with E-state index in [0.29, 0.717) is 5.41 Å². The van der Waals surface area contributed by atoms with Crippen molar-refractivity contribution in [3.8, 4) is 0 Å². The van der Waals surface area contributed by atoms with Gasteiger partial charge in [0.1, 0.15) is 0 Å². The Hall–Kier alpha value is -0.120. The number of ether oxygens (including phenoxy) is 1. The van der Waals surface area contributed by atoms with E-state index in [1.165, 1.54) is 45.6 Å². The highest BCUT2D eigenvalue weighted by molar-refractivity contribution is 4.92. The molecular weight excluding hydrogens is 212 g/mol. The Balaban J connectivity index is 1.65. The van der Waals surface area contributed by atoms with Gasteiger partial charge >= 0.3 is 0 Å². The molecule has 2 fully saturated rings. The molecule has 2 saturated heterocycles. The van der Waals surface area contributed by atoms with Gasteiger partial charge in [-0.05, 0) is 45.8 Å². The van der Waals surface area contributed by atoms with E-state index in [-0.39, 0.29) is 0 Å². The lowest BCUT2D eigenvalue weighted by Gasteiger charge is -2.49. The minimum Gasteiger partial charge on any atom is -0.381 e. The molecule has 0 aromatic heterocycles. The second-order valence-electron chi connectivity index (χ2n) is 6.36. The molecule has 0 aromatic carbocycles. The number of nitrogens with zero attached hydrogens (tertiary/aromatic N) is 2. The molecule has 0 radical (unpaired) electrons. The van der Waals surface area contributed by atoms with Gasteiger partial charge < -0.3 is 14.5 Å². The maximum absolute atomic E-state index is 5.53. The molecule has 2 rings (SSSR count). The van der Waals surface area contributed by atoms with Crippen molar-refractivity contribution in [3.63, 3.8) is 0 Å². The fourth-order valence-electron chi connectivity index (χ4n) is 3.49. The van der Waals surface area contributed by atoms with Gasteiger partial charge in [0.2, 0.25) is 0 Å². The summed E-state index contributed by atoms with van der Waals surface area (Å²) in [5.41, 5.74) is 0.557. The smallest absolute Gasteiger partial charge is 0.0495 e. The van der Waals surface area contributed by atoms with Crippen molar-refractivity contribution < 1.29 is 4.74 Å². The molecule has 0 aliphatic carbocycles. The Morgan fingerprint density at radius 1 is 1.24 bits per heavy atom. The van der Waals surface area contributed by atoms with E-state index in [1.807, 2.05) is 0 Å². The zero-order chi connectivity index (χ0) is 12.3. The molecule has 17 heavy (non-hydrogen) atoms. The van der Waals surface area contributed by atoms with Gasteiger partial charge in [-0.1, -0.05) is 6.92 Å². The first-order chi connectivity index (χ1) is 8.11. The van der Waals surface area contributed by atoms with Crippen LogP contribution in [0.2, 0.25) is 0 Å². The minimum atomic E-state index is 0.557. The van der Waals surface area contributed by atoms with Gasteiger partial charge in [-0.15, -0.1) is 0 Å². The maximum atomic E-state index is 5.53. The Kier molecular flexibility index (Phi) is 4.45. The normalized spacial score (nSPS) is 27.0. The zero-order valence-corrected chi connectivity index (χ0v) is 11.7. The minimum absolute atomic E-state index is 0.557. The summed E-state index contributed by atoms with van der Waals surface area (Å²) in [6.45, 7) is 12.7. The Morgan fingerprint density at radius 3 is 2.41 bits per heavy atom. The van der Waals surface area contributed by atoms with Crippen LogP contribution in [0.25, 0.3) is 0 Å². The molecule has 0 saturated carbocycles. The van der Waals surface area contributed by atoms with Gasteiger partial charge in [0.05, 0.1) is 0 Å². The number of hydrogen-bond donors (Lipinski definition) is 0. The van der Waals surface area contributed by atoms with Crippen LogP contribution in [0.3, 0.4) is 0 Å². The summed E-state index contributed by atoms with van der Waals surface area (Å²) < 4.78 is 5.53. The molecule has 0 aromatic rings. The van der Waals surface area contributed by atoms with E-state index in [1.54, 1.807) is 0 Å². The summed E-state index contributed by atoms with van der Waals surface area (Å²) >= 11 is 0. The van der Waals surface area contributed by atoms with E-state index in [4.69, 9.17) is 4.74 Å². The number of likely N-dealkylation sites (tertiary alicyclic amines) is 2. The van der Waals surface area contributed by atoms with Crippen molar-refractivity contribution in [1.29, 1.82) is 0 Å². The average molecular weight is 240 g/mol. The highest BCUT2D eigenvalue weighted by Gasteiger charge is 2.38. The summed E-state index contributed by atoms with van der Waals surface area (Å²) in [5.74, 6) is 0.808. The second-order valence-corrected chi connectivity index (χ2v) is 6.36. The number of rotatable bonds is 5. The molecule has 0 unspecified atom stereocenters. The molecule has 2 aliphatic heterocycles. The molecule has 0 bridgehead atoms. The van der Waals surface area contributed by atoms with Crippen molar-refractivity contribution >= 4 is 0 Å². The van der Waals surface area contributed by atoms with Crippen LogP contribution in [0.4, 0.5) is 0 Å². The SMILES string of the molecule is CCOCC1CCN(CC2(C)CN(C)C2)CC1. The predicted octanol–water partition coefficient (Wildman–Crippen LogP) is 1.69. The molecule has 0 atom stereocenters. The van der Waals surface area contributed by atoms with Crippen LogP contribution in [-0.2, 0) is 4.74 Å². The van der Waals surface area contributed by atoms with Crippen molar-refractivity contribution in [1.82, 2.24) is 9.80 Å². The van der Waals surface area contributed by atoms with Crippen LogP contribution in [0.5, 0.6) is 0 Å². The average Bonchev–Trinajstić information content (AvgIpc) is 2.26. The zero-order valence-electron chi connectivity index (χ0n) is 11.7. The summed E-state index contributed by atoms with van der Waals surface area (Å²) in [4.78, 5) is 5.08. The Labute approximate surface area is 106 Å². The predicted molar refractivity (Wildman–Crippen MR) is 71.3 cm³/mol. The van der Waals surface area contributed by atoms with Crippen molar-refractivity contribution in [2.24, 2.45) is 11.3 Å². The van der Waals surface area contributed by atoms with Gasteiger partial charge in [-0.3, -0.25) is 0 Å². The van der Waals surface area contributed by atoms with Crippen LogP contribution in [0.15, 0.2) is 0 Å². The summed E-state index contributed by atoms with van der Waals surface area (Å²) in [5, 5.41) is 0. The lowest BCUT2D eigenvalue weighted by Crippen LogP contribution is -2.58. The number of piperidine rings is 1. The third-order valence-corrected chi connectivity index (χ3v) is 4.17. The first-order valence-corrected chi connectivity index (χ1v) is 7.10. The third kappa shape index (κ3) is 3.67. The molecule has 3 nitrogen and oxygen atoms in total. The van der Waals surface area contributed by atoms with Crippen molar-refractivity contribution in [2.75, 3.05) is 53.0 Å². The van der Waals surface area contributed by atoms with Crippen molar-refractivity contribution in [3.05, 3.63) is 0 Å². The monoisotopic (exact) mass is 240 g/mol. The highest BCUT2D eigenvalue weighted by Crippen LogP contribution is 2.30. The van der Waals surface area contributed by atoms with E-state index >= 15 is 0 Å². The van der Waals surface area contributed by atoms with Crippen LogP contribution >= 0.6 is 0 Å². The van der Waals surface area contributed by atoms with Gasteiger partial charge in [-0.2, -0.15) is 0 Å². The molecule has 0 amide bonds. The van der Waals surface area contributed by atoms with Crippen LogP contribution < -0.4 is 0 Å². The van der Waals surface area contributed by atoms with Gasteiger partial charge in [0.15, 0.2) is 0 Å². The lowest BCUT2D eigenvalue weighted by atomic mass is 9.81. The molecule has 0 N–H and O–H groups in total. The van der Waals surface area contributed by atoms with E-state index in [9.17, 15) is 0 Å². The van der Waals surface area contributed by atoms with Gasteiger partial charge in [0.25, 0.3) is 0 Å². The molecule has 100 valence electrons. The second kappa shape index (κ2) is 5.68. The first kappa shape index (κ1) is 13.3. The number of hydrogen-bond acceptors (Lipinski definition) is 3. The summed E-state index contributed by atoms with van der Waals surface area (Å²) in [6.07, 6.45) is 2.65. The lowest BCUT2D eigenvalue weighted by molar-refractivity contribution is -0.00790. The van der Waals surface area contributed by atoms with E-state index in [2.05, 4.69) is 30.7 Å².